The summed E-state index contributed by atoms with van der Waals surface area (Å²) in [5.74, 6) is 1.05. The van der Waals surface area contributed by atoms with E-state index in [1.807, 2.05) is 13.8 Å². The third kappa shape index (κ3) is 3.32. The first kappa shape index (κ1) is 14.4. The third-order valence-corrected chi connectivity index (χ3v) is 3.48. The van der Waals surface area contributed by atoms with Crippen molar-refractivity contribution >= 4 is 0 Å². The summed E-state index contributed by atoms with van der Waals surface area (Å²) in [4.78, 5) is 4.39. The minimum absolute atomic E-state index is 0.391. The van der Waals surface area contributed by atoms with Crippen LogP contribution in [0.5, 0.6) is 0 Å². The van der Waals surface area contributed by atoms with Gasteiger partial charge in [-0.3, -0.25) is 0 Å². The predicted molar refractivity (Wildman–Crippen MR) is 67.7 cm³/mol. The predicted octanol–water partition coefficient (Wildman–Crippen LogP) is 1.43. The molecule has 6 heteroatoms. The molecule has 6 nitrogen and oxygen atoms in total. The van der Waals surface area contributed by atoms with Crippen molar-refractivity contribution in [3.63, 3.8) is 0 Å². The molecular weight excluding hydrogens is 248 g/mol. The van der Waals surface area contributed by atoms with E-state index < -0.39 is 11.7 Å². The summed E-state index contributed by atoms with van der Waals surface area (Å²) in [6.07, 6.45) is 2.09. The van der Waals surface area contributed by atoms with E-state index in [9.17, 15) is 5.11 Å². The van der Waals surface area contributed by atoms with Gasteiger partial charge < -0.3 is 19.1 Å². The average molecular weight is 270 g/mol. The Hall–Kier alpha value is -0.980. The lowest BCUT2D eigenvalue weighted by atomic mass is 9.93. The fraction of sp³-hybridized carbons (Fsp3) is 0.846. The summed E-state index contributed by atoms with van der Waals surface area (Å²) in [6.45, 7) is 5.76. The standard InChI is InChI=1S/C13H22N2O4/c1-3-10(16)9-11-14-12(15-19-11)13(18-4-2)5-7-17-8-6-13/h10,16H,3-9H2,1-2H3. The summed E-state index contributed by atoms with van der Waals surface area (Å²) in [5, 5.41) is 13.7. The van der Waals surface area contributed by atoms with E-state index in [-0.39, 0.29) is 0 Å². The molecule has 0 spiro atoms. The van der Waals surface area contributed by atoms with Gasteiger partial charge in [0.1, 0.15) is 5.60 Å². The number of aromatic nitrogens is 2. The Morgan fingerprint density at radius 2 is 2.11 bits per heavy atom. The maximum Gasteiger partial charge on any atom is 0.229 e. The van der Waals surface area contributed by atoms with Gasteiger partial charge in [-0.1, -0.05) is 12.1 Å². The van der Waals surface area contributed by atoms with Gasteiger partial charge in [-0.05, 0) is 13.3 Å². The topological polar surface area (TPSA) is 77.6 Å². The molecule has 0 radical (unpaired) electrons. The number of hydrogen-bond donors (Lipinski definition) is 1. The summed E-state index contributed by atoms with van der Waals surface area (Å²) < 4.78 is 16.5. The lowest BCUT2D eigenvalue weighted by Crippen LogP contribution is -2.37. The highest BCUT2D eigenvalue weighted by Crippen LogP contribution is 2.34. The SMILES string of the molecule is CCOC1(c2noc(CC(O)CC)n2)CCOCC1. The van der Waals surface area contributed by atoms with Gasteiger partial charge in [0.2, 0.25) is 11.7 Å². The van der Waals surface area contributed by atoms with E-state index in [4.69, 9.17) is 14.0 Å². The van der Waals surface area contributed by atoms with Crippen LogP contribution in [0.15, 0.2) is 4.52 Å². The van der Waals surface area contributed by atoms with E-state index >= 15 is 0 Å². The van der Waals surface area contributed by atoms with Gasteiger partial charge in [-0.2, -0.15) is 4.98 Å². The number of rotatable bonds is 6. The van der Waals surface area contributed by atoms with Gasteiger partial charge in [0.05, 0.1) is 12.5 Å². The minimum Gasteiger partial charge on any atom is -0.393 e. The summed E-state index contributed by atoms with van der Waals surface area (Å²) in [7, 11) is 0. The normalized spacial score (nSPS) is 20.4. The van der Waals surface area contributed by atoms with Gasteiger partial charge in [0, 0.05) is 32.7 Å². The zero-order valence-corrected chi connectivity index (χ0v) is 11.6. The van der Waals surface area contributed by atoms with Crippen molar-refractivity contribution in [3.8, 4) is 0 Å². The van der Waals surface area contributed by atoms with Crippen LogP contribution < -0.4 is 0 Å². The van der Waals surface area contributed by atoms with E-state index in [1.54, 1.807) is 0 Å². The highest BCUT2D eigenvalue weighted by molar-refractivity contribution is 5.03. The molecule has 1 N–H and O–H groups in total. The van der Waals surface area contributed by atoms with Gasteiger partial charge >= 0.3 is 0 Å². The molecule has 2 heterocycles. The van der Waals surface area contributed by atoms with Crippen LogP contribution in [-0.4, -0.2) is 41.2 Å². The molecule has 0 aliphatic carbocycles. The van der Waals surface area contributed by atoms with E-state index in [0.29, 0.717) is 44.4 Å². The van der Waals surface area contributed by atoms with Crippen LogP contribution >= 0.6 is 0 Å². The monoisotopic (exact) mass is 270 g/mol. The van der Waals surface area contributed by atoms with E-state index in [1.165, 1.54) is 0 Å². The van der Waals surface area contributed by atoms with Crippen molar-refractivity contribution < 1.29 is 19.1 Å². The van der Waals surface area contributed by atoms with Crippen LogP contribution in [0.4, 0.5) is 0 Å². The molecule has 0 amide bonds. The number of aliphatic hydroxyl groups excluding tert-OH is 1. The summed E-state index contributed by atoms with van der Waals surface area (Å²) >= 11 is 0. The minimum atomic E-state index is -0.494. The van der Waals surface area contributed by atoms with Crippen molar-refractivity contribution in [3.05, 3.63) is 11.7 Å². The Morgan fingerprint density at radius 1 is 1.37 bits per heavy atom. The first-order valence-electron chi connectivity index (χ1n) is 6.93. The highest BCUT2D eigenvalue weighted by Gasteiger charge is 2.39. The second-order valence-corrected chi connectivity index (χ2v) is 4.82. The summed E-state index contributed by atoms with van der Waals surface area (Å²) in [5.41, 5.74) is -0.494. The first-order valence-corrected chi connectivity index (χ1v) is 6.93. The molecule has 1 atom stereocenters. The second kappa shape index (κ2) is 6.45. The van der Waals surface area contributed by atoms with Gasteiger partial charge in [0.15, 0.2) is 0 Å². The molecule has 0 saturated carbocycles. The summed E-state index contributed by atoms with van der Waals surface area (Å²) in [6, 6.07) is 0. The number of ether oxygens (including phenoxy) is 2. The van der Waals surface area contributed by atoms with Gasteiger partial charge in [-0.15, -0.1) is 0 Å². The maximum absolute atomic E-state index is 9.62. The van der Waals surface area contributed by atoms with Crippen molar-refractivity contribution in [2.75, 3.05) is 19.8 Å². The molecular formula is C13H22N2O4. The van der Waals surface area contributed by atoms with E-state index in [2.05, 4.69) is 10.1 Å². The Labute approximate surface area is 113 Å². The molecule has 1 saturated heterocycles. The zero-order valence-electron chi connectivity index (χ0n) is 11.6. The van der Waals surface area contributed by atoms with Crippen LogP contribution in [0.2, 0.25) is 0 Å². The first-order chi connectivity index (χ1) is 9.20. The molecule has 2 rings (SSSR count). The average Bonchev–Trinajstić information content (AvgIpc) is 2.89. The lowest BCUT2D eigenvalue weighted by molar-refractivity contribution is -0.118. The molecule has 1 fully saturated rings. The second-order valence-electron chi connectivity index (χ2n) is 4.82. The van der Waals surface area contributed by atoms with Crippen LogP contribution in [0.25, 0.3) is 0 Å². The lowest BCUT2D eigenvalue weighted by Gasteiger charge is -2.33. The molecule has 1 unspecified atom stereocenters. The largest absolute Gasteiger partial charge is 0.393 e. The Kier molecular flexibility index (Phi) is 4.90. The number of aliphatic hydroxyl groups is 1. The Morgan fingerprint density at radius 3 is 2.74 bits per heavy atom. The molecule has 1 aliphatic heterocycles. The fourth-order valence-electron chi connectivity index (χ4n) is 2.28. The van der Waals surface area contributed by atoms with Crippen molar-refractivity contribution in [2.24, 2.45) is 0 Å². The molecule has 108 valence electrons. The Bertz CT molecular complexity index is 382. The maximum atomic E-state index is 9.62. The fourth-order valence-corrected chi connectivity index (χ4v) is 2.28. The highest BCUT2D eigenvalue weighted by atomic mass is 16.5. The quantitative estimate of drug-likeness (QED) is 0.842. The van der Waals surface area contributed by atoms with Crippen molar-refractivity contribution in [2.45, 2.75) is 51.2 Å². The van der Waals surface area contributed by atoms with Crippen LogP contribution in [0.3, 0.4) is 0 Å². The number of hydrogen-bond acceptors (Lipinski definition) is 6. The van der Waals surface area contributed by atoms with Gasteiger partial charge in [-0.25, -0.2) is 0 Å². The molecule has 1 aromatic rings. The third-order valence-electron chi connectivity index (χ3n) is 3.48. The number of nitrogens with zero attached hydrogens (tertiary/aromatic N) is 2. The van der Waals surface area contributed by atoms with Gasteiger partial charge in [0.25, 0.3) is 0 Å². The zero-order chi connectivity index (χ0) is 13.7. The van der Waals surface area contributed by atoms with Crippen molar-refractivity contribution in [1.82, 2.24) is 10.1 Å². The van der Waals surface area contributed by atoms with E-state index in [0.717, 1.165) is 12.8 Å². The molecule has 1 aromatic heterocycles. The Balaban J connectivity index is 2.13. The smallest absolute Gasteiger partial charge is 0.229 e. The van der Waals surface area contributed by atoms with Crippen LogP contribution in [0, 0.1) is 0 Å². The molecule has 0 aromatic carbocycles. The van der Waals surface area contributed by atoms with Crippen molar-refractivity contribution in [1.29, 1.82) is 0 Å². The molecule has 19 heavy (non-hydrogen) atoms. The van der Waals surface area contributed by atoms with Crippen LogP contribution in [-0.2, 0) is 21.5 Å². The van der Waals surface area contributed by atoms with Crippen LogP contribution in [0.1, 0.15) is 44.8 Å². The molecule has 1 aliphatic rings. The molecule has 0 bridgehead atoms.